The highest BCUT2D eigenvalue weighted by molar-refractivity contribution is 6.31. The summed E-state index contributed by atoms with van der Waals surface area (Å²) in [5.74, 6) is 0.0343. The molecule has 0 aliphatic heterocycles. The predicted octanol–water partition coefficient (Wildman–Crippen LogP) is 3.77. The van der Waals surface area contributed by atoms with Crippen LogP contribution in [-0.4, -0.2) is 32.8 Å². The number of carbonyl (C=O) groups is 1. The average molecular weight is 373 g/mol. The van der Waals surface area contributed by atoms with E-state index >= 15 is 0 Å². The summed E-state index contributed by atoms with van der Waals surface area (Å²) < 4.78 is 6.99. The van der Waals surface area contributed by atoms with Crippen molar-refractivity contribution >= 4 is 17.5 Å². The van der Waals surface area contributed by atoms with E-state index in [-0.39, 0.29) is 11.7 Å². The van der Waals surface area contributed by atoms with Gasteiger partial charge in [-0.2, -0.15) is 5.10 Å². The molecule has 1 amide bonds. The molecule has 0 fully saturated rings. The molecule has 0 radical (unpaired) electrons. The molecule has 0 unspecified atom stereocenters. The summed E-state index contributed by atoms with van der Waals surface area (Å²) in [7, 11) is 1.74. The maximum atomic E-state index is 12.5. The van der Waals surface area contributed by atoms with Crippen molar-refractivity contribution < 1.29 is 9.32 Å². The Morgan fingerprint density at radius 3 is 2.65 bits per heavy atom. The molecular formula is C19H21ClN4O2. The summed E-state index contributed by atoms with van der Waals surface area (Å²) in [5, 5.41) is 9.11. The number of benzene rings is 1. The smallest absolute Gasteiger partial charge is 0.292 e. The van der Waals surface area contributed by atoms with Gasteiger partial charge in [0.2, 0.25) is 5.76 Å². The zero-order chi connectivity index (χ0) is 18.8. The summed E-state index contributed by atoms with van der Waals surface area (Å²) in [5.41, 5.74) is 4.61. The van der Waals surface area contributed by atoms with Crippen molar-refractivity contribution in [2.75, 3.05) is 7.05 Å². The Balaban J connectivity index is 1.79. The van der Waals surface area contributed by atoms with Crippen LogP contribution in [0.2, 0.25) is 5.02 Å². The van der Waals surface area contributed by atoms with E-state index in [0.717, 1.165) is 27.5 Å². The van der Waals surface area contributed by atoms with Crippen molar-refractivity contribution in [1.29, 1.82) is 0 Å². The largest absolute Gasteiger partial charge is 0.351 e. The van der Waals surface area contributed by atoms with Gasteiger partial charge in [0.25, 0.3) is 5.91 Å². The summed E-state index contributed by atoms with van der Waals surface area (Å²) in [4.78, 5) is 14.1. The van der Waals surface area contributed by atoms with E-state index in [0.29, 0.717) is 18.8 Å². The van der Waals surface area contributed by atoms with Crippen LogP contribution < -0.4 is 0 Å². The Morgan fingerprint density at radius 1 is 1.27 bits per heavy atom. The number of hydrogen-bond acceptors (Lipinski definition) is 4. The standard InChI is InChI=1S/C19H21ClN4O2/c1-12-9-18(26-22-12)19(25)23(4)11-16-13(2)21-24(14(16)3)10-15-7-5-6-8-17(15)20/h5-9H,10-11H2,1-4H3. The normalized spacial score (nSPS) is 11.0. The molecule has 0 aliphatic rings. The second kappa shape index (κ2) is 7.33. The molecule has 0 atom stereocenters. The van der Waals surface area contributed by atoms with Gasteiger partial charge >= 0.3 is 0 Å². The molecule has 26 heavy (non-hydrogen) atoms. The van der Waals surface area contributed by atoms with Gasteiger partial charge in [0, 0.05) is 35.9 Å². The summed E-state index contributed by atoms with van der Waals surface area (Å²) in [6.45, 7) is 6.77. The second-order valence-electron chi connectivity index (χ2n) is 6.39. The Labute approximate surface area is 157 Å². The zero-order valence-corrected chi connectivity index (χ0v) is 16.0. The van der Waals surface area contributed by atoms with Crippen LogP contribution in [0, 0.1) is 20.8 Å². The third kappa shape index (κ3) is 3.65. The first-order valence-electron chi connectivity index (χ1n) is 8.32. The minimum Gasteiger partial charge on any atom is -0.351 e. The van der Waals surface area contributed by atoms with Gasteiger partial charge in [-0.15, -0.1) is 0 Å². The lowest BCUT2D eigenvalue weighted by molar-refractivity contribution is 0.0743. The lowest BCUT2D eigenvalue weighted by Gasteiger charge is -2.16. The third-order valence-electron chi connectivity index (χ3n) is 4.39. The van der Waals surface area contributed by atoms with Crippen molar-refractivity contribution in [1.82, 2.24) is 19.8 Å². The molecule has 2 aromatic heterocycles. The monoisotopic (exact) mass is 372 g/mol. The van der Waals surface area contributed by atoms with Crippen LogP contribution in [0.15, 0.2) is 34.9 Å². The quantitative estimate of drug-likeness (QED) is 0.683. The summed E-state index contributed by atoms with van der Waals surface area (Å²) in [6.07, 6.45) is 0. The second-order valence-corrected chi connectivity index (χ2v) is 6.80. The van der Waals surface area contributed by atoms with E-state index in [2.05, 4.69) is 10.3 Å². The van der Waals surface area contributed by atoms with Crippen LogP contribution in [0.1, 0.15) is 38.8 Å². The molecule has 7 heteroatoms. The number of amides is 1. The zero-order valence-electron chi connectivity index (χ0n) is 15.3. The number of nitrogens with zero attached hydrogens (tertiary/aromatic N) is 4. The predicted molar refractivity (Wildman–Crippen MR) is 99.3 cm³/mol. The van der Waals surface area contributed by atoms with E-state index < -0.39 is 0 Å². The van der Waals surface area contributed by atoms with Crippen LogP contribution >= 0.6 is 11.6 Å². The Hall–Kier alpha value is -2.60. The Kier molecular flexibility index (Phi) is 5.13. The van der Waals surface area contributed by atoms with Gasteiger partial charge in [-0.3, -0.25) is 9.48 Å². The van der Waals surface area contributed by atoms with Gasteiger partial charge in [0.15, 0.2) is 0 Å². The van der Waals surface area contributed by atoms with Gasteiger partial charge in [-0.05, 0) is 32.4 Å². The number of halogens is 1. The number of hydrogen-bond donors (Lipinski definition) is 0. The minimum atomic E-state index is -0.205. The molecule has 0 bridgehead atoms. The van der Waals surface area contributed by atoms with Crippen LogP contribution in [0.25, 0.3) is 0 Å². The van der Waals surface area contributed by atoms with Gasteiger partial charge in [-0.25, -0.2) is 0 Å². The molecular weight excluding hydrogens is 352 g/mol. The molecule has 0 N–H and O–H groups in total. The van der Waals surface area contributed by atoms with Crippen molar-refractivity contribution in [3.05, 3.63) is 69.3 Å². The Bertz CT molecular complexity index is 945. The van der Waals surface area contributed by atoms with E-state index in [9.17, 15) is 4.79 Å². The van der Waals surface area contributed by atoms with E-state index in [4.69, 9.17) is 16.1 Å². The minimum absolute atomic E-state index is 0.205. The Morgan fingerprint density at radius 2 is 2.00 bits per heavy atom. The van der Waals surface area contributed by atoms with Gasteiger partial charge in [-0.1, -0.05) is 35.0 Å². The molecule has 0 saturated carbocycles. The summed E-state index contributed by atoms with van der Waals surface area (Å²) >= 11 is 6.26. The van der Waals surface area contributed by atoms with Gasteiger partial charge in [0.1, 0.15) is 0 Å². The highest BCUT2D eigenvalue weighted by atomic mass is 35.5. The number of rotatable bonds is 5. The summed E-state index contributed by atoms with van der Waals surface area (Å²) in [6, 6.07) is 9.36. The molecule has 0 spiro atoms. The topological polar surface area (TPSA) is 64.2 Å². The maximum Gasteiger partial charge on any atom is 0.292 e. The molecule has 6 nitrogen and oxygen atoms in total. The number of aromatic nitrogens is 3. The molecule has 0 aliphatic carbocycles. The first-order valence-corrected chi connectivity index (χ1v) is 8.69. The van der Waals surface area contributed by atoms with Crippen molar-refractivity contribution in [3.8, 4) is 0 Å². The molecule has 3 rings (SSSR count). The lowest BCUT2D eigenvalue weighted by atomic mass is 10.1. The lowest BCUT2D eigenvalue weighted by Crippen LogP contribution is -2.26. The van der Waals surface area contributed by atoms with Crippen molar-refractivity contribution in [3.63, 3.8) is 0 Å². The maximum absolute atomic E-state index is 12.5. The first-order chi connectivity index (χ1) is 12.4. The SMILES string of the molecule is Cc1cc(C(=O)N(C)Cc2c(C)nn(Cc3ccccc3Cl)c2C)on1. The van der Waals surface area contributed by atoms with Gasteiger partial charge in [0.05, 0.1) is 17.9 Å². The van der Waals surface area contributed by atoms with Crippen LogP contribution in [0.4, 0.5) is 0 Å². The average Bonchev–Trinajstić information content (AvgIpc) is 3.15. The van der Waals surface area contributed by atoms with Crippen molar-refractivity contribution in [2.45, 2.75) is 33.9 Å². The van der Waals surface area contributed by atoms with E-state index in [1.165, 1.54) is 0 Å². The van der Waals surface area contributed by atoms with Crippen LogP contribution in [0.3, 0.4) is 0 Å². The fourth-order valence-corrected chi connectivity index (χ4v) is 3.06. The third-order valence-corrected chi connectivity index (χ3v) is 4.76. The van der Waals surface area contributed by atoms with E-state index in [1.807, 2.05) is 42.8 Å². The molecule has 0 saturated heterocycles. The highest BCUT2D eigenvalue weighted by Crippen LogP contribution is 2.21. The fourth-order valence-electron chi connectivity index (χ4n) is 2.87. The van der Waals surface area contributed by atoms with Crippen LogP contribution in [-0.2, 0) is 13.1 Å². The molecule has 136 valence electrons. The number of aryl methyl sites for hydroxylation is 2. The molecule has 1 aromatic carbocycles. The van der Waals surface area contributed by atoms with Gasteiger partial charge < -0.3 is 9.42 Å². The first kappa shape index (κ1) is 18.2. The highest BCUT2D eigenvalue weighted by Gasteiger charge is 2.20. The van der Waals surface area contributed by atoms with Crippen molar-refractivity contribution in [2.24, 2.45) is 0 Å². The van der Waals surface area contributed by atoms with E-state index in [1.54, 1.807) is 24.9 Å². The molecule has 2 heterocycles. The molecule has 3 aromatic rings. The fraction of sp³-hybridized carbons (Fsp3) is 0.316. The number of carbonyl (C=O) groups excluding carboxylic acids is 1. The van der Waals surface area contributed by atoms with Crippen LogP contribution in [0.5, 0.6) is 0 Å².